The molecule has 0 aliphatic carbocycles. The average molecular weight is 118 g/mol. The van der Waals surface area contributed by atoms with E-state index >= 15 is 0 Å². The summed E-state index contributed by atoms with van der Waals surface area (Å²) in [6, 6.07) is -0.403. The van der Waals surface area contributed by atoms with Crippen LogP contribution in [0, 0.1) is 4.91 Å². The predicted molar refractivity (Wildman–Crippen MR) is 30.3 cm³/mol. The Kier molecular flexibility index (Phi) is 4.39. The minimum atomic E-state index is -0.403. The number of hydrogen-bond acceptors (Lipinski definition) is 4. The van der Waals surface area contributed by atoms with Crippen molar-refractivity contribution in [2.45, 2.75) is 12.5 Å². The van der Waals surface area contributed by atoms with Gasteiger partial charge < -0.3 is 10.8 Å². The standard InChI is InChI=1S/C4H10N2O2/c5-3-4(6-8)1-2-7/h4,7H,1-3,5H2. The van der Waals surface area contributed by atoms with E-state index in [1.807, 2.05) is 0 Å². The van der Waals surface area contributed by atoms with Gasteiger partial charge in [-0.3, -0.25) is 0 Å². The summed E-state index contributed by atoms with van der Waals surface area (Å²) in [6.07, 6.45) is 0.375. The van der Waals surface area contributed by atoms with E-state index in [2.05, 4.69) is 5.18 Å². The summed E-state index contributed by atoms with van der Waals surface area (Å²) in [5.74, 6) is 0. The Morgan fingerprint density at radius 3 is 2.50 bits per heavy atom. The lowest BCUT2D eigenvalue weighted by molar-refractivity contribution is 0.277. The third-order valence-electron chi connectivity index (χ3n) is 0.883. The second-order valence-corrected chi connectivity index (χ2v) is 1.51. The molecule has 48 valence electrons. The third kappa shape index (κ3) is 2.65. The van der Waals surface area contributed by atoms with Crippen LogP contribution < -0.4 is 5.73 Å². The highest BCUT2D eigenvalue weighted by Gasteiger charge is 2.02. The van der Waals surface area contributed by atoms with Gasteiger partial charge in [-0.05, 0) is 6.42 Å². The first-order valence-corrected chi connectivity index (χ1v) is 2.48. The van der Waals surface area contributed by atoms with Crippen molar-refractivity contribution >= 4 is 0 Å². The van der Waals surface area contributed by atoms with Crippen molar-refractivity contribution in [3.8, 4) is 0 Å². The summed E-state index contributed by atoms with van der Waals surface area (Å²) in [7, 11) is 0. The molecule has 0 aromatic heterocycles. The summed E-state index contributed by atoms with van der Waals surface area (Å²) in [5, 5.41) is 10.9. The van der Waals surface area contributed by atoms with Gasteiger partial charge in [0.15, 0.2) is 0 Å². The van der Waals surface area contributed by atoms with Crippen LogP contribution in [0.3, 0.4) is 0 Å². The zero-order valence-electron chi connectivity index (χ0n) is 4.58. The highest BCUT2D eigenvalue weighted by molar-refractivity contribution is 4.64. The topological polar surface area (TPSA) is 75.7 Å². The molecule has 0 aliphatic heterocycles. The SMILES string of the molecule is NCC(CCO)N=O. The van der Waals surface area contributed by atoms with Crippen LogP contribution in [0.5, 0.6) is 0 Å². The van der Waals surface area contributed by atoms with Crippen molar-refractivity contribution in [1.29, 1.82) is 0 Å². The lowest BCUT2D eigenvalue weighted by atomic mass is 10.2. The minimum absolute atomic E-state index is 0.0202. The minimum Gasteiger partial charge on any atom is -0.396 e. The molecule has 0 aliphatic rings. The number of aliphatic hydroxyl groups excluding tert-OH is 1. The molecular weight excluding hydrogens is 108 g/mol. The first-order chi connectivity index (χ1) is 3.85. The molecule has 0 amide bonds. The number of nitroso groups, excluding NO2 is 1. The lowest BCUT2D eigenvalue weighted by Crippen LogP contribution is -2.18. The quantitative estimate of drug-likeness (QED) is 0.487. The molecule has 0 radical (unpaired) electrons. The van der Waals surface area contributed by atoms with Gasteiger partial charge in [0, 0.05) is 13.2 Å². The normalized spacial score (nSPS) is 13.2. The van der Waals surface area contributed by atoms with E-state index < -0.39 is 6.04 Å². The fraction of sp³-hybridized carbons (Fsp3) is 1.00. The van der Waals surface area contributed by atoms with E-state index in [4.69, 9.17) is 10.8 Å². The van der Waals surface area contributed by atoms with Crippen LogP contribution >= 0.6 is 0 Å². The number of rotatable bonds is 4. The molecule has 0 aromatic carbocycles. The van der Waals surface area contributed by atoms with Crippen LogP contribution in [-0.2, 0) is 0 Å². The first kappa shape index (κ1) is 7.52. The third-order valence-corrected chi connectivity index (χ3v) is 0.883. The van der Waals surface area contributed by atoms with Crippen LogP contribution in [0.25, 0.3) is 0 Å². The average Bonchev–Trinajstić information content (AvgIpc) is 1.83. The lowest BCUT2D eigenvalue weighted by Gasteiger charge is -1.99. The molecule has 0 aromatic rings. The Balaban J connectivity index is 3.21. The van der Waals surface area contributed by atoms with Gasteiger partial charge in [-0.25, -0.2) is 0 Å². The van der Waals surface area contributed by atoms with Gasteiger partial charge >= 0.3 is 0 Å². The Labute approximate surface area is 47.7 Å². The number of nitrogens with zero attached hydrogens (tertiary/aromatic N) is 1. The second kappa shape index (κ2) is 4.67. The van der Waals surface area contributed by atoms with Gasteiger partial charge in [-0.1, -0.05) is 5.18 Å². The zero-order valence-corrected chi connectivity index (χ0v) is 4.58. The molecule has 0 saturated heterocycles. The number of nitrogens with two attached hydrogens (primary N) is 1. The van der Waals surface area contributed by atoms with E-state index in [9.17, 15) is 4.91 Å². The van der Waals surface area contributed by atoms with Crippen molar-refractivity contribution in [1.82, 2.24) is 0 Å². The van der Waals surface area contributed by atoms with Gasteiger partial charge in [-0.2, -0.15) is 4.91 Å². The Morgan fingerprint density at radius 2 is 2.38 bits per heavy atom. The van der Waals surface area contributed by atoms with Crippen LogP contribution in [-0.4, -0.2) is 24.3 Å². The van der Waals surface area contributed by atoms with E-state index in [0.29, 0.717) is 6.42 Å². The van der Waals surface area contributed by atoms with Crippen LogP contribution in [0.2, 0.25) is 0 Å². The largest absolute Gasteiger partial charge is 0.396 e. The highest BCUT2D eigenvalue weighted by atomic mass is 16.3. The molecule has 4 nitrogen and oxygen atoms in total. The monoisotopic (exact) mass is 118 g/mol. The Bertz CT molecular complexity index is 67.1. The molecule has 0 bridgehead atoms. The van der Waals surface area contributed by atoms with Crippen molar-refractivity contribution in [2.24, 2.45) is 10.9 Å². The van der Waals surface area contributed by atoms with Crippen LogP contribution in [0.1, 0.15) is 6.42 Å². The summed E-state index contributed by atoms with van der Waals surface area (Å²) >= 11 is 0. The van der Waals surface area contributed by atoms with E-state index in [1.54, 1.807) is 0 Å². The molecule has 1 atom stereocenters. The number of hydrogen-bond donors (Lipinski definition) is 2. The Morgan fingerprint density at radius 1 is 1.75 bits per heavy atom. The van der Waals surface area contributed by atoms with Crippen molar-refractivity contribution in [3.63, 3.8) is 0 Å². The summed E-state index contributed by atoms with van der Waals surface area (Å²) in [6.45, 7) is 0.206. The molecule has 1 unspecified atom stereocenters. The van der Waals surface area contributed by atoms with Crippen molar-refractivity contribution in [2.75, 3.05) is 13.2 Å². The first-order valence-electron chi connectivity index (χ1n) is 2.48. The van der Waals surface area contributed by atoms with E-state index in [-0.39, 0.29) is 13.2 Å². The van der Waals surface area contributed by atoms with Crippen molar-refractivity contribution < 1.29 is 5.11 Å². The van der Waals surface area contributed by atoms with Crippen LogP contribution in [0.4, 0.5) is 0 Å². The maximum Gasteiger partial charge on any atom is 0.106 e. The van der Waals surface area contributed by atoms with Gasteiger partial charge in [0.05, 0.1) is 0 Å². The number of aliphatic hydroxyl groups is 1. The second-order valence-electron chi connectivity index (χ2n) is 1.51. The van der Waals surface area contributed by atoms with Crippen molar-refractivity contribution in [3.05, 3.63) is 4.91 Å². The summed E-state index contributed by atoms with van der Waals surface area (Å²) < 4.78 is 0. The summed E-state index contributed by atoms with van der Waals surface area (Å²) in [4.78, 5) is 9.68. The van der Waals surface area contributed by atoms with Gasteiger partial charge in [0.2, 0.25) is 0 Å². The zero-order chi connectivity index (χ0) is 6.41. The maximum atomic E-state index is 9.68. The molecule has 0 rings (SSSR count). The predicted octanol–water partition coefficient (Wildman–Crippen LogP) is -0.538. The molecule has 0 heterocycles. The Hall–Kier alpha value is -0.480. The van der Waals surface area contributed by atoms with Gasteiger partial charge in [0.25, 0.3) is 0 Å². The van der Waals surface area contributed by atoms with Gasteiger partial charge in [0.1, 0.15) is 6.04 Å². The molecule has 3 N–H and O–H groups in total. The molecule has 0 spiro atoms. The molecule has 0 saturated carbocycles. The van der Waals surface area contributed by atoms with Crippen LogP contribution in [0.15, 0.2) is 5.18 Å². The molecule has 4 heteroatoms. The van der Waals surface area contributed by atoms with Gasteiger partial charge in [-0.15, -0.1) is 0 Å². The fourth-order valence-corrected chi connectivity index (χ4v) is 0.363. The van der Waals surface area contributed by atoms with E-state index in [0.717, 1.165) is 0 Å². The van der Waals surface area contributed by atoms with E-state index in [1.165, 1.54) is 0 Å². The smallest absolute Gasteiger partial charge is 0.106 e. The maximum absolute atomic E-state index is 9.68. The fourth-order valence-electron chi connectivity index (χ4n) is 0.363. The molecule has 0 fully saturated rings. The highest BCUT2D eigenvalue weighted by Crippen LogP contribution is 1.91. The molecular formula is C4H10N2O2. The molecule has 8 heavy (non-hydrogen) atoms. The summed E-state index contributed by atoms with van der Waals surface area (Å²) in [5.41, 5.74) is 5.06.